The van der Waals surface area contributed by atoms with E-state index in [2.05, 4.69) is 19.8 Å². The SMILES string of the molecule is O=C(c1ccc(OCCCN2CCCCC2)cc1)N1CCN(c2cnccn2)CC1. The minimum Gasteiger partial charge on any atom is -0.494 e. The van der Waals surface area contributed by atoms with Crippen molar-refractivity contribution in [3.8, 4) is 5.75 Å². The smallest absolute Gasteiger partial charge is 0.253 e. The Balaban J connectivity index is 1.20. The first-order valence-corrected chi connectivity index (χ1v) is 11.0. The summed E-state index contributed by atoms with van der Waals surface area (Å²) in [7, 11) is 0. The van der Waals surface area contributed by atoms with Gasteiger partial charge in [0, 0.05) is 50.7 Å². The summed E-state index contributed by atoms with van der Waals surface area (Å²) in [5.74, 6) is 1.77. The maximum atomic E-state index is 12.8. The predicted molar refractivity (Wildman–Crippen MR) is 117 cm³/mol. The van der Waals surface area contributed by atoms with Crippen molar-refractivity contribution in [3.63, 3.8) is 0 Å². The average Bonchev–Trinajstić information content (AvgIpc) is 2.83. The highest BCUT2D eigenvalue weighted by atomic mass is 16.5. The van der Waals surface area contributed by atoms with Crippen molar-refractivity contribution in [1.29, 1.82) is 0 Å². The normalized spacial score (nSPS) is 17.7. The lowest BCUT2D eigenvalue weighted by Crippen LogP contribution is -2.49. The number of likely N-dealkylation sites (tertiary alicyclic amines) is 1. The van der Waals surface area contributed by atoms with Gasteiger partial charge in [0.2, 0.25) is 0 Å². The Kier molecular flexibility index (Phi) is 7.13. The number of carbonyl (C=O) groups excluding carboxylic acids is 1. The standard InChI is InChI=1S/C23H31N5O2/c29-23(28-16-14-27(15-17-28)22-19-24-9-10-25-22)20-5-7-21(8-6-20)30-18-4-13-26-11-2-1-3-12-26/h5-10,19H,1-4,11-18H2. The molecule has 0 N–H and O–H groups in total. The molecule has 0 atom stereocenters. The van der Waals surface area contributed by atoms with E-state index in [1.165, 1.54) is 32.4 Å². The van der Waals surface area contributed by atoms with Gasteiger partial charge in [-0.05, 0) is 56.6 Å². The van der Waals surface area contributed by atoms with Gasteiger partial charge in [-0.25, -0.2) is 4.98 Å². The number of piperazine rings is 1. The van der Waals surface area contributed by atoms with Gasteiger partial charge in [-0.1, -0.05) is 6.42 Å². The van der Waals surface area contributed by atoms with Crippen LogP contribution in [0.3, 0.4) is 0 Å². The van der Waals surface area contributed by atoms with Gasteiger partial charge in [0.1, 0.15) is 11.6 Å². The van der Waals surface area contributed by atoms with E-state index in [-0.39, 0.29) is 5.91 Å². The molecule has 0 bridgehead atoms. The Hall–Kier alpha value is -2.67. The van der Waals surface area contributed by atoms with Crippen LogP contribution in [0.15, 0.2) is 42.9 Å². The monoisotopic (exact) mass is 409 g/mol. The Morgan fingerprint density at radius 2 is 1.70 bits per heavy atom. The number of nitrogens with zero attached hydrogens (tertiary/aromatic N) is 5. The van der Waals surface area contributed by atoms with E-state index in [0.29, 0.717) is 25.3 Å². The van der Waals surface area contributed by atoms with Crippen molar-refractivity contribution >= 4 is 11.7 Å². The molecule has 2 aliphatic rings. The summed E-state index contributed by atoms with van der Waals surface area (Å²) in [6.45, 7) is 7.18. The minimum absolute atomic E-state index is 0.0745. The van der Waals surface area contributed by atoms with E-state index in [1.54, 1.807) is 18.6 Å². The summed E-state index contributed by atoms with van der Waals surface area (Å²) in [6, 6.07) is 7.56. The second-order valence-electron chi connectivity index (χ2n) is 7.97. The molecule has 0 saturated carbocycles. The molecule has 3 heterocycles. The van der Waals surface area contributed by atoms with Gasteiger partial charge in [-0.3, -0.25) is 9.78 Å². The molecule has 2 aromatic rings. The molecule has 1 aromatic carbocycles. The van der Waals surface area contributed by atoms with Crippen LogP contribution in [0.1, 0.15) is 36.0 Å². The molecule has 0 aliphatic carbocycles. The van der Waals surface area contributed by atoms with Crippen molar-refractivity contribution in [3.05, 3.63) is 48.4 Å². The first-order valence-electron chi connectivity index (χ1n) is 11.0. The zero-order valence-corrected chi connectivity index (χ0v) is 17.6. The van der Waals surface area contributed by atoms with Gasteiger partial charge in [-0.2, -0.15) is 0 Å². The minimum atomic E-state index is 0.0745. The first kappa shape index (κ1) is 20.6. The fraction of sp³-hybridized carbons (Fsp3) is 0.522. The van der Waals surface area contributed by atoms with Crippen LogP contribution in [-0.4, -0.2) is 78.1 Å². The average molecular weight is 410 g/mol. The fourth-order valence-electron chi connectivity index (χ4n) is 4.13. The van der Waals surface area contributed by atoms with E-state index in [1.807, 2.05) is 29.2 Å². The highest BCUT2D eigenvalue weighted by Crippen LogP contribution is 2.17. The topological polar surface area (TPSA) is 61.8 Å². The summed E-state index contributed by atoms with van der Waals surface area (Å²) in [4.78, 5) is 27.9. The van der Waals surface area contributed by atoms with Crippen molar-refractivity contribution in [2.75, 3.05) is 57.3 Å². The van der Waals surface area contributed by atoms with Crippen LogP contribution < -0.4 is 9.64 Å². The van der Waals surface area contributed by atoms with Crippen molar-refractivity contribution in [2.45, 2.75) is 25.7 Å². The van der Waals surface area contributed by atoms with E-state index < -0.39 is 0 Å². The summed E-state index contributed by atoms with van der Waals surface area (Å²) in [6.07, 6.45) is 10.2. The summed E-state index contributed by atoms with van der Waals surface area (Å²) < 4.78 is 5.87. The lowest BCUT2D eigenvalue weighted by molar-refractivity contribution is 0.0746. The molecular formula is C23H31N5O2. The van der Waals surface area contributed by atoms with Crippen LogP contribution in [0.4, 0.5) is 5.82 Å². The molecule has 4 rings (SSSR count). The van der Waals surface area contributed by atoms with Crippen molar-refractivity contribution < 1.29 is 9.53 Å². The largest absolute Gasteiger partial charge is 0.494 e. The van der Waals surface area contributed by atoms with Gasteiger partial charge in [-0.15, -0.1) is 0 Å². The molecular weight excluding hydrogens is 378 g/mol. The Bertz CT molecular complexity index is 785. The lowest BCUT2D eigenvalue weighted by Gasteiger charge is -2.35. The third-order valence-electron chi connectivity index (χ3n) is 5.88. The van der Waals surface area contributed by atoms with Crippen LogP contribution >= 0.6 is 0 Å². The second-order valence-corrected chi connectivity index (χ2v) is 7.97. The van der Waals surface area contributed by atoms with Crippen LogP contribution in [-0.2, 0) is 0 Å². The molecule has 0 unspecified atom stereocenters. The highest BCUT2D eigenvalue weighted by Gasteiger charge is 2.23. The quantitative estimate of drug-likeness (QED) is 0.656. The van der Waals surface area contributed by atoms with E-state index in [9.17, 15) is 4.79 Å². The molecule has 2 fully saturated rings. The summed E-state index contributed by atoms with van der Waals surface area (Å²) in [5, 5.41) is 0. The van der Waals surface area contributed by atoms with Crippen LogP contribution in [0, 0.1) is 0 Å². The molecule has 2 aliphatic heterocycles. The number of ether oxygens (including phenoxy) is 1. The molecule has 1 amide bonds. The zero-order chi connectivity index (χ0) is 20.6. The van der Waals surface area contributed by atoms with Crippen LogP contribution in [0.25, 0.3) is 0 Å². The fourth-order valence-corrected chi connectivity index (χ4v) is 4.13. The number of anilines is 1. The molecule has 1 aromatic heterocycles. The van der Waals surface area contributed by atoms with Crippen LogP contribution in [0.5, 0.6) is 5.75 Å². The van der Waals surface area contributed by atoms with Gasteiger partial charge in [0.25, 0.3) is 5.91 Å². The van der Waals surface area contributed by atoms with E-state index in [4.69, 9.17) is 4.74 Å². The number of amides is 1. The predicted octanol–water partition coefficient (Wildman–Crippen LogP) is 2.69. The molecule has 0 radical (unpaired) electrons. The van der Waals surface area contributed by atoms with Crippen molar-refractivity contribution in [1.82, 2.24) is 19.8 Å². The summed E-state index contributed by atoms with van der Waals surface area (Å²) in [5.41, 5.74) is 0.712. The number of hydrogen-bond acceptors (Lipinski definition) is 6. The Morgan fingerprint density at radius 3 is 2.40 bits per heavy atom. The second kappa shape index (κ2) is 10.4. The molecule has 7 nitrogen and oxygen atoms in total. The number of rotatable bonds is 7. The molecule has 7 heteroatoms. The maximum absolute atomic E-state index is 12.8. The van der Waals surface area contributed by atoms with E-state index >= 15 is 0 Å². The number of hydrogen-bond donors (Lipinski definition) is 0. The molecule has 160 valence electrons. The zero-order valence-electron chi connectivity index (χ0n) is 17.6. The number of piperidine rings is 1. The maximum Gasteiger partial charge on any atom is 0.253 e. The van der Waals surface area contributed by atoms with Gasteiger partial charge >= 0.3 is 0 Å². The van der Waals surface area contributed by atoms with Gasteiger partial charge in [0.05, 0.1) is 12.8 Å². The van der Waals surface area contributed by atoms with Crippen molar-refractivity contribution in [2.24, 2.45) is 0 Å². The van der Waals surface area contributed by atoms with Gasteiger partial charge < -0.3 is 19.4 Å². The lowest BCUT2D eigenvalue weighted by atomic mass is 10.1. The number of aromatic nitrogens is 2. The first-order chi connectivity index (χ1) is 14.8. The molecule has 0 spiro atoms. The third-order valence-corrected chi connectivity index (χ3v) is 5.88. The van der Waals surface area contributed by atoms with Gasteiger partial charge in [0.15, 0.2) is 0 Å². The Morgan fingerprint density at radius 1 is 0.933 bits per heavy atom. The van der Waals surface area contributed by atoms with E-state index in [0.717, 1.165) is 37.6 Å². The third kappa shape index (κ3) is 5.48. The molecule has 2 saturated heterocycles. The summed E-state index contributed by atoms with van der Waals surface area (Å²) >= 11 is 0. The molecule has 30 heavy (non-hydrogen) atoms. The van der Waals surface area contributed by atoms with Crippen LogP contribution in [0.2, 0.25) is 0 Å². The Labute approximate surface area is 178 Å². The highest BCUT2D eigenvalue weighted by molar-refractivity contribution is 5.94. The number of benzene rings is 1. The number of carbonyl (C=O) groups is 1.